The van der Waals surface area contributed by atoms with Crippen LogP contribution in [0.5, 0.6) is 5.75 Å². The minimum Gasteiger partial charge on any atom is -0.497 e. The van der Waals surface area contributed by atoms with Crippen LogP contribution in [0.2, 0.25) is 5.02 Å². The predicted octanol–water partition coefficient (Wildman–Crippen LogP) is 5.21. The van der Waals surface area contributed by atoms with Gasteiger partial charge in [0.25, 0.3) is 0 Å². The van der Waals surface area contributed by atoms with Gasteiger partial charge in [0.1, 0.15) is 5.75 Å². The number of methoxy groups -OCH3 is 1. The average Bonchev–Trinajstić information content (AvgIpc) is 2.86. The van der Waals surface area contributed by atoms with Gasteiger partial charge < -0.3 is 10.1 Å². The number of anilines is 1. The molecule has 0 fully saturated rings. The van der Waals surface area contributed by atoms with Gasteiger partial charge in [-0.25, -0.2) is 0 Å². The van der Waals surface area contributed by atoms with Gasteiger partial charge in [0, 0.05) is 0 Å². The molecule has 0 heterocycles. The Labute approximate surface area is 132 Å². The van der Waals surface area contributed by atoms with Crippen LogP contribution in [0.4, 0.5) is 5.69 Å². The molecule has 0 aliphatic heterocycles. The zero-order valence-corrected chi connectivity index (χ0v) is 13.5. The van der Waals surface area contributed by atoms with E-state index >= 15 is 0 Å². The maximum atomic E-state index is 6.14. The Morgan fingerprint density at radius 3 is 2.95 bits per heavy atom. The monoisotopic (exact) mass is 351 g/mol. The SMILES string of the molecule is COc1ccc2c(c1)C(Nc1cccc(Cl)c1Br)CC2. The Bertz CT molecular complexity index is 644. The van der Waals surface area contributed by atoms with Crippen molar-refractivity contribution in [1.82, 2.24) is 0 Å². The first-order valence-corrected chi connectivity index (χ1v) is 7.73. The molecular formula is C16H15BrClNO. The number of benzene rings is 2. The van der Waals surface area contributed by atoms with Gasteiger partial charge in [0.15, 0.2) is 0 Å². The highest BCUT2D eigenvalue weighted by molar-refractivity contribution is 9.10. The lowest BCUT2D eigenvalue weighted by atomic mass is 10.1. The maximum absolute atomic E-state index is 6.14. The number of fused-ring (bicyclic) bond motifs is 1. The Morgan fingerprint density at radius 2 is 2.15 bits per heavy atom. The standard InChI is InChI=1S/C16H15BrClNO/c1-20-11-7-5-10-6-8-14(12(10)9-11)19-15-4-2-3-13(18)16(15)17/h2-5,7,9,14,19H,6,8H2,1H3. The molecule has 2 aromatic rings. The average molecular weight is 353 g/mol. The summed E-state index contributed by atoms with van der Waals surface area (Å²) in [6, 6.07) is 12.5. The second-order valence-corrected chi connectivity index (χ2v) is 6.10. The third kappa shape index (κ3) is 2.52. The van der Waals surface area contributed by atoms with Crippen LogP contribution in [-0.2, 0) is 6.42 Å². The van der Waals surface area contributed by atoms with Gasteiger partial charge >= 0.3 is 0 Å². The van der Waals surface area contributed by atoms with E-state index in [1.165, 1.54) is 11.1 Å². The zero-order valence-electron chi connectivity index (χ0n) is 11.1. The summed E-state index contributed by atoms with van der Waals surface area (Å²) in [4.78, 5) is 0. The molecule has 104 valence electrons. The highest BCUT2D eigenvalue weighted by atomic mass is 79.9. The van der Waals surface area contributed by atoms with Gasteiger partial charge in [-0.1, -0.05) is 23.7 Å². The first-order valence-electron chi connectivity index (χ1n) is 6.56. The molecule has 0 saturated carbocycles. The second kappa shape index (κ2) is 5.66. The number of hydrogen-bond acceptors (Lipinski definition) is 2. The van der Waals surface area contributed by atoms with Crippen molar-refractivity contribution in [2.75, 3.05) is 12.4 Å². The third-order valence-electron chi connectivity index (χ3n) is 3.71. The summed E-state index contributed by atoms with van der Waals surface area (Å²) in [6.45, 7) is 0. The molecule has 20 heavy (non-hydrogen) atoms. The molecule has 0 amide bonds. The van der Waals surface area contributed by atoms with Crippen molar-refractivity contribution in [1.29, 1.82) is 0 Å². The molecule has 3 rings (SSSR count). The van der Waals surface area contributed by atoms with Crippen molar-refractivity contribution in [3.63, 3.8) is 0 Å². The van der Waals surface area contributed by atoms with Gasteiger partial charge in [0.05, 0.1) is 28.3 Å². The molecule has 0 radical (unpaired) electrons. The Kier molecular flexibility index (Phi) is 3.90. The van der Waals surface area contributed by atoms with Crippen LogP contribution in [-0.4, -0.2) is 7.11 Å². The summed E-state index contributed by atoms with van der Waals surface area (Å²) in [5.41, 5.74) is 3.73. The Hall–Kier alpha value is -1.19. The van der Waals surface area contributed by atoms with Crippen LogP contribution in [0, 0.1) is 0 Å². The zero-order chi connectivity index (χ0) is 14.1. The van der Waals surface area contributed by atoms with Crippen molar-refractivity contribution in [2.45, 2.75) is 18.9 Å². The first kappa shape index (κ1) is 13.8. The molecule has 0 spiro atoms. The van der Waals surface area contributed by atoms with E-state index in [9.17, 15) is 0 Å². The lowest BCUT2D eigenvalue weighted by molar-refractivity contribution is 0.414. The quantitative estimate of drug-likeness (QED) is 0.818. The van der Waals surface area contributed by atoms with E-state index in [1.807, 2.05) is 24.3 Å². The molecule has 2 nitrogen and oxygen atoms in total. The van der Waals surface area contributed by atoms with E-state index in [1.54, 1.807) is 7.11 Å². The summed E-state index contributed by atoms with van der Waals surface area (Å²) in [6.07, 6.45) is 2.18. The molecular weight excluding hydrogens is 338 g/mol. The number of nitrogens with one attached hydrogen (secondary N) is 1. The molecule has 1 aliphatic rings. The highest BCUT2D eigenvalue weighted by Gasteiger charge is 2.23. The topological polar surface area (TPSA) is 21.3 Å². The van der Waals surface area contributed by atoms with Gasteiger partial charge in [-0.15, -0.1) is 0 Å². The normalized spacial score (nSPS) is 16.9. The first-order chi connectivity index (χ1) is 9.69. The van der Waals surface area contributed by atoms with E-state index in [-0.39, 0.29) is 0 Å². The van der Waals surface area contributed by atoms with Crippen molar-refractivity contribution in [3.05, 3.63) is 57.0 Å². The van der Waals surface area contributed by atoms with Gasteiger partial charge in [0.2, 0.25) is 0 Å². The Morgan fingerprint density at radius 1 is 1.30 bits per heavy atom. The number of hydrogen-bond donors (Lipinski definition) is 1. The van der Waals surface area contributed by atoms with Crippen LogP contribution < -0.4 is 10.1 Å². The fraction of sp³-hybridized carbons (Fsp3) is 0.250. The van der Waals surface area contributed by atoms with E-state index in [2.05, 4.69) is 33.4 Å². The van der Waals surface area contributed by atoms with Crippen LogP contribution in [0.1, 0.15) is 23.6 Å². The molecule has 1 atom stereocenters. The van der Waals surface area contributed by atoms with Gasteiger partial charge in [-0.2, -0.15) is 0 Å². The van der Waals surface area contributed by atoms with E-state index in [0.717, 1.165) is 33.8 Å². The van der Waals surface area contributed by atoms with Crippen molar-refractivity contribution < 1.29 is 4.74 Å². The summed E-state index contributed by atoms with van der Waals surface area (Å²) in [5.74, 6) is 0.905. The molecule has 1 unspecified atom stereocenters. The molecule has 0 saturated heterocycles. The van der Waals surface area contributed by atoms with Gasteiger partial charge in [-0.05, 0) is 64.2 Å². The molecule has 0 bridgehead atoms. The fourth-order valence-electron chi connectivity index (χ4n) is 2.66. The number of halogens is 2. The van der Waals surface area contributed by atoms with Crippen LogP contribution in [0.15, 0.2) is 40.9 Å². The van der Waals surface area contributed by atoms with E-state index in [0.29, 0.717) is 6.04 Å². The molecule has 2 aromatic carbocycles. The van der Waals surface area contributed by atoms with Crippen LogP contribution in [0.25, 0.3) is 0 Å². The van der Waals surface area contributed by atoms with Crippen LogP contribution >= 0.6 is 27.5 Å². The van der Waals surface area contributed by atoms with Gasteiger partial charge in [-0.3, -0.25) is 0 Å². The van der Waals surface area contributed by atoms with E-state index in [4.69, 9.17) is 16.3 Å². The second-order valence-electron chi connectivity index (χ2n) is 4.90. The molecule has 1 N–H and O–H groups in total. The lowest BCUT2D eigenvalue weighted by Gasteiger charge is -2.17. The fourth-order valence-corrected chi connectivity index (χ4v) is 3.21. The minimum absolute atomic E-state index is 0.301. The largest absolute Gasteiger partial charge is 0.497 e. The molecule has 0 aromatic heterocycles. The third-order valence-corrected chi connectivity index (χ3v) is 5.11. The maximum Gasteiger partial charge on any atom is 0.119 e. The number of rotatable bonds is 3. The summed E-state index contributed by atoms with van der Waals surface area (Å²) in [5, 5.41) is 4.29. The number of ether oxygens (including phenoxy) is 1. The van der Waals surface area contributed by atoms with Crippen molar-refractivity contribution in [3.8, 4) is 5.75 Å². The van der Waals surface area contributed by atoms with E-state index < -0.39 is 0 Å². The van der Waals surface area contributed by atoms with Crippen LogP contribution in [0.3, 0.4) is 0 Å². The number of aryl methyl sites for hydroxylation is 1. The molecule has 1 aliphatic carbocycles. The van der Waals surface area contributed by atoms with Crippen molar-refractivity contribution >= 4 is 33.2 Å². The summed E-state index contributed by atoms with van der Waals surface area (Å²) >= 11 is 9.68. The lowest BCUT2D eigenvalue weighted by Crippen LogP contribution is -2.07. The predicted molar refractivity (Wildman–Crippen MR) is 86.8 cm³/mol. The summed E-state index contributed by atoms with van der Waals surface area (Å²) in [7, 11) is 1.70. The minimum atomic E-state index is 0.301. The highest BCUT2D eigenvalue weighted by Crippen LogP contribution is 2.38. The molecule has 4 heteroatoms. The summed E-state index contributed by atoms with van der Waals surface area (Å²) < 4.78 is 6.24. The smallest absolute Gasteiger partial charge is 0.119 e. The van der Waals surface area contributed by atoms with Crippen molar-refractivity contribution in [2.24, 2.45) is 0 Å². The Balaban J connectivity index is 1.89.